The number of aliphatic hydroxyl groups is 1. The zero-order valence-corrected chi connectivity index (χ0v) is 6.88. The van der Waals surface area contributed by atoms with E-state index >= 15 is 0 Å². The Morgan fingerprint density at radius 3 is 2.82 bits per heavy atom. The molecule has 1 heterocycles. The van der Waals surface area contributed by atoms with Gasteiger partial charge in [-0.05, 0) is 25.8 Å². The molecule has 1 aliphatic rings. The lowest BCUT2D eigenvalue weighted by Crippen LogP contribution is -2.37. The van der Waals surface area contributed by atoms with Crippen LogP contribution in [0.5, 0.6) is 0 Å². The predicted molar refractivity (Wildman–Crippen MR) is 43.2 cm³/mol. The zero-order chi connectivity index (χ0) is 8.16. The molecule has 3 nitrogen and oxygen atoms in total. The highest BCUT2D eigenvalue weighted by molar-refractivity contribution is 4.81. The van der Waals surface area contributed by atoms with E-state index in [2.05, 4.69) is 0 Å². The molecule has 0 aromatic heterocycles. The minimum absolute atomic E-state index is 0.0208. The Morgan fingerprint density at radius 1 is 1.55 bits per heavy atom. The molecule has 1 aliphatic heterocycles. The van der Waals surface area contributed by atoms with Crippen LogP contribution in [0.25, 0.3) is 0 Å². The molecule has 0 radical (unpaired) electrons. The van der Waals surface area contributed by atoms with Crippen LogP contribution in [0.3, 0.4) is 0 Å². The van der Waals surface area contributed by atoms with E-state index in [0.717, 1.165) is 25.9 Å². The second-order valence-corrected chi connectivity index (χ2v) is 3.35. The van der Waals surface area contributed by atoms with Crippen molar-refractivity contribution in [2.75, 3.05) is 26.4 Å². The van der Waals surface area contributed by atoms with Crippen LogP contribution in [-0.2, 0) is 4.74 Å². The normalized spacial score (nSPS) is 32.2. The van der Waals surface area contributed by atoms with E-state index in [1.54, 1.807) is 0 Å². The average Bonchev–Trinajstić information content (AvgIpc) is 2.07. The first-order valence-corrected chi connectivity index (χ1v) is 4.22. The Balaban J connectivity index is 2.42. The minimum atomic E-state index is -0.0208. The van der Waals surface area contributed by atoms with Gasteiger partial charge in [0.05, 0.1) is 13.2 Å². The van der Waals surface area contributed by atoms with E-state index < -0.39 is 0 Å². The molecule has 1 unspecified atom stereocenters. The number of hydrogen-bond acceptors (Lipinski definition) is 3. The SMILES string of the molecule is NCCC1(CO)CCCOC1. The molecule has 3 heteroatoms. The quantitative estimate of drug-likeness (QED) is 0.615. The number of aliphatic hydroxyl groups excluding tert-OH is 1. The van der Waals surface area contributed by atoms with E-state index in [-0.39, 0.29) is 12.0 Å². The summed E-state index contributed by atoms with van der Waals surface area (Å²) in [5.74, 6) is 0. The molecule has 1 rings (SSSR count). The lowest BCUT2D eigenvalue weighted by Gasteiger charge is -2.34. The van der Waals surface area contributed by atoms with Gasteiger partial charge in [0.25, 0.3) is 0 Å². The number of hydrogen-bond donors (Lipinski definition) is 2. The Hall–Kier alpha value is -0.120. The van der Waals surface area contributed by atoms with Crippen LogP contribution in [-0.4, -0.2) is 31.5 Å². The highest BCUT2D eigenvalue weighted by atomic mass is 16.5. The molecular weight excluding hydrogens is 142 g/mol. The Morgan fingerprint density at radius 2 is 2.36 bits per heavy atom. The van der Waals surface area contributed by atoms with Gasteiger partial charge in [-0.15, -0.1) is 0 Å². The van der Waals surface area contributed by atoms with E-state index in [9.17, 15) is 0 Å². The Labute approximate surface area is 67.5 Å². The molecule has 1 atom stereocenters. The Kier molecular flexibility index (Phi) is 3.30. The third-order valence-electron chi connectivity index (χ3n) is 2.41. The topological polar surface area (TPSA) is 55.5 Å². The van der Waals surface area contributed by atoms with Crippen molar-refractivity contribution in [3.8, 4) is 0 Å². The fraction of sp³-hybridized carbons (Fsp3) is 1.00. The van der Waals surface area contributed by atoms with Crippen LogP contribution in [0.2, 0.25) is 0 Å². The molecule has 0 aliphatic carbocycles. The molecule has 0 aromatic rings. The molecule has 66 valence electrons. The average molecular weight is 159 g/mol. The molecule has 0 spiro atoms. The fourth-order valence-corrected chi connectivity index (χ4v) is 1.62. The minimum Gasteiger partial charge on any atom is -0.396 e. The van der Waals surface area contributed by atoms with Gasteiger partial charge < -0.3 is 15.6 Å². The number of nitrogens with two attached hydrogens (primary N) is 1. The van der Waals surface area contributed by atoms with Gasteiger partial charge in [-0.3, -0.25) is 0 Å². The van der Waals surface area contributed by atoms with Crippen molar-refractivity contribution in [1.29, 1.82) is 0 Å². The molecule has 0 amide bonds. The lowest BCUT2D eigenvalue weighted by molar-refractivity contribution is -0.0413. The second kappa shape index (κ2) is 4.04. The fourth-order valence-electron chi connectivity index (χ4n) is 1.62. The van der Waals surface area contributed by atoms with Crippen molar-refractivity contribution in [3.05, 3.63) is 0 Å². The maximum atomic E-state index is 9.14. The number of ether oxygens (including phenoxy) is 1. The summed E-state index contributed by atoms with van der Waals surface area (Å²) in [6, 6.07) is 0. The van der Waals surface area contributed by atoms with Crippen LogP contribution in [0.4, 0.5) is 0 Å². The summed E-state index contributed by atoms with van der Waals surface area (Å²) in [5, 5.41) is 9.14. The summed E-state index contributed by atoms with van der Waals surface area (Å²) in [5.41, 5.74) is 5.43. The van der Waals surface area contributed by atoms with Gasteiger partial charge in [-0.25, -0.2) is 0 Å². The highest BCUT2D eigenvalue weighted by Crippen LogP contribution is 2.30. The first-order valence-electron chi connectivity index (χ1n) is 4.22. The van der Waals surface area contributed by atoms with Crippen LogP contribution >= 0.6 is 0 Å². The third-order valence-corrected chi connectivity index (χ3v) is 2.41. The van der Waals surface area contributed by atoms with Gasteiger partial charge >= 0.3 is 0 Å². The predicted octanol–water partition coefficient (Wildman–Crippen LogP) is 0.124. The maximum Gasteiger partial charge on any atom is 0.0544 e. The molecule has 1 saturated heterocycles. The summed E-state index contributed by atoms with van der Waals surface area (Å²) < 4.78 is 5.31. The molecule has 0 bridgehead atoms. The molecular formula is C8H17NO2. The van der Waals surface area contributed by atoms with Gasteiger partial charge in [0.2, 0.25) is 0 Å². The smallest absolute Gasteiger partial charge is 0.0544 e. The second-order valence-electron chi connectivity index (χ2n) is 3.35. The molecule has 0 saturated carbocycles. The van der Waals surface area contributed by atoms with Crippen LogP contribution in [0, 0.1) is 5.41 Å². The van der Waals surface area contributed by atoms with Crippen molar-refractivity contribution < 1.29 is 9.84 Å². The molecule has 0 aromatic carbocycles. The van der Waals surface area contributed by atoms with Gasteiger partial charge in [-0.2, -0.15) is 0 Å². The first-order chi connectivity index (χ1) is 5.33. The van der Waals surface area contributed by atoms with Crippen molar-refractivity contribution in [1.82, 2.24) is 0 Å². The largest absolute Gasteiger partial charge is 0.396 e. The van der Waals surface area contributed by atoms with Gasteiger partial charge in [-0.1, -0.05) is 0 Å². The van der Waals surface area contributed by atoms with E-state index in [1.165, 1.54) is 0 Å². The van der Waals surface area contributed by atoms with Gasteiger partial charge in [0.15, 0.2) is 0 Å². The van der Waals surface area contributed by atoms with Crippen molar-refractivity contribution in [2.24, 2.45) is 11.1 Å². The zero-order valence-electron chi connectivity index (χ0n) is 6.88. The standard InChI is InChI=1S/C8H17NO2/c9-4-3-8(6-10)2-1-5-11-7-8/h10H,1-7,9H2. The summed E-state index contributed by atoms with van der Waals surface area (Å²) >= 11 is 0. The van der Waals surface area contributed by atoms with Crippen molar-refractivity contribution in [3.63, 3.8) is 0 Å². The molecule has 1 fully saturated rings. The maximum absolute atomic E-state index is 9.14. The third kappa shape index (κ3) is 2.15. The lowest BCUT2D eigenvalue weighted by atomic mass is 9.80. The molecule has 11 heavy (non-hydrogen) atoms. The highest BCUT2D eigenvalue weighted by Gasteiger charge is 2.31. The van der Waals surface area contributed by atoms with Crippen LogP contribution < -0.4 is 5.73 Å². The van der Waals surface area contributed by atoms with Crippen LogP contribution in [0.15, 0.2) is 0 Å². The monoisotopic (exact) mass is 159 g/mol. The summed E-state index contributed by atoms with van der Waals surface area (Å²) in [4.78, 5) is 0. The summed E-state index contributed by atoms with van der Waals surface area (Å²) in [7, 11) is 0. The van der Waals surface area contributed by atoms with Gasteiger partial charge in [0.1, 0.15) is 0 Å². The van der Waals surface area contributed by atoms with Gasteiger partial charge in [0, 0.05) is 12.0 Å². The summed E-state index contributed by atoms with van der Waals surface area (Å²) in [6.45, 7) is 2.38. The Bertz CT molecular complexity index is 105. The summed E-state index contributed by atoms with van der Waals surface area (Å²) in [6.07, 6.45) is 2.99. The van der Waals surface area contributed by atoms with E-state index in [1.807, 2.05) is 0 Å². The number of rotatable bonds is 3. The van der Waals surface area contributed by atoms with Crippen LogP contribution in [0.1, 0.15) is 19.3 Å². The van der Waals surface area contributed by atoms with E-state index in [0.29, 0.717) is 13.2 Å². The molecule has 3 N–H and O–H groups in total. The van der Waals surface area contributed by atoms with E-state index in [4.69, 9.17) is 15.6 Å². The first kappa shape index (κ1) is 8.97. The van der Waals surface area contributed by atoms with Crippen molar-refractivity contribution in [2.45, 2.75) is 19.3 Å². The van der Waals surface area contributed by atoms with Crippen molar-refractivity contribution >= 4 is 0 Å².